The van der Waals surface area contributed by atoms with Crippen LogP contribution >= 0.6 is 15.9 Å². The van der Waals surface area contributed by atoms with E-state index in [1.54, 1.807) is 12.3 Å². The summed E-state index contributed by atoms with van der Waals surface area (Å²) in [6.07, 6.45) is 1.65. The third kappa shape index (κ3) is 3.80. The summed E-state index contributed by atoms with van der Waals surface area (Å²) in [6, 6.07) is 23.4. The molecule has 4 aromatic rings. The molecule has 4 rings (SSSR count). The van der Waals surface area contributed by atoms with Crippen molar-refractivity contribution in [3.63, 3.8) is 0 Å². The molecule has 0 fully saturated rings. The predicted octanol–water partition coefficient (Wildman–Crippen LogP) is 4.76. The number of aromatic nitrogens is 2. The number of benzene rings is 3. The zero-order valence-corrected chi connectivity index (χ0v) is 15.8. The number of H-pyrrole nitrogens is 1. The van der Waals surface area contributed by atoms with E-state index in [1.807, 2.05) is 66.7 Å². The Morgan fingerprint density at radius 2 is 1.81 bits per heavy atom. The molecular formula is C21H15BrN4O. The van der Waals surface area contributed by atoms with Crippen LogP contribution in [0.25, 0.3) is 22.0 Å². The Bertz CT molecular complexity index is 1130. The van der Waals surface area contributed by atoms with Gasteiger partial charge in [-0.25, -0.2) is 5.43 Å². The standard InChI is InChI=1S/C21H15BrN4O/c22-17-10-8-15(9-11-17)19-12-20(25-24-19)21(27)26-23-13-16-6-3-5-14-4-1-2-7-18(14)16/h1-13H,(H,24,25)(H,26,27)/b23-13+. The van der Waals surface area contributed by atoms with Gasteiger partial charge in [0.25, 0.3) is 5.91 Å². The fraction of sp³-hybridized carbons (Fsp3) is 0. The molecule has 1 amide bonds. The Labute approximate surface area is 164 Å². The van der Waals surface area contributed by atoms with E-state index in [-0.39, 0.29) is 5.91 Å². The van der Waals surface area contributed by atoms with Crippen LogP contribution in [0.5, 0.6) is 0 Å². The number of nitrogens with one attached hydrogen (secondary N) is 2. The Hall–Kier alpha value is -3.25. The van der Waals surface area contributed by atoms with E-state index in [9.17, 15) is 4.79 Å². The van der Waals surface area contributed by atoms with Crippen LogP contribution in [-0.2, 0) is 0 Å². The summed E-state index contributed by atoms with van der Waals surface area (Å²) in [5.74, 6) is -0.345. The largest absolute Gasteiger partial charge is 0.289 e. The van der Waals surface area contributed by atoms with Gasteiger partial charge in [0, 0.05) is 15.6 Å². The van der Waals surface area contributed by atoms with E-state index < -0.39 is 0 Å². The van der Waals surface area contributed by atoms with Gasteiger partial charge in [0.2, 0.25) is 0 Å². The number of hydrogen-bond acceptors (Lipinski definition) is 3. The van der Waals surface area contributed by atoms with Gasteiger partial charge in [-0.2, -0.15) is 10.2 Å². The zero-order valence-electron chi connectivity index (χ0n) is 14.2. The molecule has 0 aliphatic rings. The number of carbonyl (C=O) groups excluding carboxylic acids is 1. The number of carbonyl (C=O) groups is 1. The van der Waals surface area contributed by atoms with Gasteiger partial charge >= 0.3 is 0 Å². The molecule has 6 heteroatoms. The Morgan fingerprint density at radius 3 is 2.67 bits per heavy atom. The van der Waals surface area contributed by atoms with E-state index >= 15 is 0 Å². The first-order valence-corrected chi connectivity index (χ1v) is 9.12. The molecule has 1 heterocycles. The average molecular weight is 419 g/mol. The van der Waals surface area contributed by atoms with Gasteiger partial charge in [-0.15, -0.1) is 0 Å². The first-order valence-electron chi connectivity index (χ1n) is 8.33. The second-order valence-corrected chi connectivity index (χ2v) is 6.86. The second-order valence-electron chi connectivity index (χ2n) is 5.94. The van der Waals surface area contributed by atoms with Crippen molar-refractivity contribution in [3.8, 4) is 11.3 Å². The van der Waals surface area contributed by atoms with Crippen molar-refractivity contribution in [2.75, 3.05) is 0 Å². The first-order chi connectivity index (χ1) is 13.2. The molecule has 0 saturated carbocycles. The number of hydrogen-bond donors (Lipinski definition) is 2. The summed E-state index contributed by atoms with van der Waals surface area (Å²) in [5.41, 5.74) is 5.45. The van der Waals surface area contributed by atoms with Crippen LogP contribution in [0.1, 0.15) is 16.1 Å². The Balaban J connectivity index is 1.48. The smallest absolute Gasteiger partial charge is 0.272 e. The molecule has 0 atom stereocenters. The SMILES string of the molecule is O=C(N/N=C/c1cccc2ccccc12)c1cc(-c2ccc(Br)cc2)n[nH]1. The maximum atomic E-state index is 12.3. The lowest BCUT2D eigenvalue weighted by molar-refractivity contribution is 0.0950. The quantitative estimate of drug-likeness (QED) is 0.370. The van der Waals surface area contributed by atoms with Crippen molar-refractivity contribution >= 4 is 38.8 Å². The highest BCUT2D eigenvalue weighted by Gasteiger charge is 2.10. The van der Waals surface area contributed by atoms with Gasteiger partial charge in [0.05, 0.1) is 11.9 Å². The molecule has 0 aliphatic heterocycles. The summed E-state index contributed by atoms with van der Waals surface area (Å²) in [6.45, 7) is 0. The molecule has 27 heavy (non-hydrogen) atoms. The molecule has 0 saturated heterocycles. The fourth-order valence-corrected chi connectivity index (χ4v) is 3.05. The highest BCUT2D eigenvalue weighted by Crippen LogP contribution is 2.20. The van der Waals surface area contributed by atoms with Gasteiger partial charge in [-0.05, 0) is 29.0 Å². The number of hydrazone groups is 1. The van der Waals surface area contributed by atoms with Gasteiger partial charge in [0.15, 0.2) is 0 Å². The Kier molecular flexibility index (Phi) is 4.80. The van der Waals surface area contributed by atoms with Crippen molar-refractivity contribution in [1.82, 2.24) is 15.6 Å². The van der Waals surface area contributed by atoms with E-state index in [2.05, 4.69) is 36.7 Å². The van der Waals surface area contributed by atoms with E-state index in [0.717, 1.165) is 26.4 Å². The van der Waals surface area contributed by atoms with Crippen molar-refractivity contribution in [2.45, 2.75) is 0 Å². The summed E-state index contributed by atoms with van der Waals surface area (Å²) in [5, 5.41) is 13.2. The fourth-order valence-electron chi connectivity index (χ4n) is 2.79. The minimum Gasteiger partial charge on any atom is -0.272 e. The van der Waals surface area contributed by atoms with Crippen LogP contribution in [0.4, 0.5) is 0 Å². The number of rotatable bonds is 4. The molecule has 0 unspecified atom stereocenters. The molecule has 132 valence electrons. The summed E-state index contributed by atoms with van der Waals surface area (Å²) >= 11 is 3.40. The lowest BCUT2D eigenvalue weighted by atomic mass is 10.1. The molecule has 1 aromatic heterocycles. The highest BCUT2D eigenvalue weighted by atomic mass is 79.9. The van der Waals surface area contributed by atoms with E-state index in [1.165, 1.54) is 0 Å². The van der Waals surface area contributed by atoms with Gasteiger partial charge < -0.3 is 0 Å². The van der Waals surface area contributed by atoms with Gasteiger partial charge in [0.1, 0.15) is 5.69 Å². The van der Waals surface area contributed by atoms with E-state index in [0.29, 0.717) is 11.4 Å². The van der Waals surface area contributed by atoms with Crippen molar-refractivity contribution in [1.29, 1.82) is 0 Å². The normalized spacial score (nSPS) is 11.1. The lowest BCUT2D eigenvalue weighted by Crippen LogP contribution is -2.18. The average Bonchev–Trinajstić information content (AvgIpc) is 3.19. The van der Waals surface area contributed by atoms with Gasteiger partial charge in [-0.1, -0.05) is 70.5 Å². The van der Waals surface area contributed by atoms with Crippen LogP contribution < -0.4 is 5.43 Å². The van der Waals surface area contributed by atoms with Crippen LogP contribution in [0.2, 0.25) is 0 Å². The van der Waals surface area contributed by atoms with Crippen molar-refractivity contribution < 1.29 is 4.79 Å². The maximum Gasteiger partial charge on any atom is 0.289 e. The van der Waals surface area contributed by atoms with Crippen LogP contribution in [0.15, 0.2) is 82.4 Å². The molecule has 5 nitrogen and oxygen atoms in total. The highest BCUT2D eigenvalue weighted by molar-refractivity contribution is 9.10. The molecule has 0 spiro atoms. The number of aromatic amines is 1. The minimum atomic E-state index is -0.345. The number of nitrogens with zero attached hydrogens (tertiary/aromatic N) is 2. The number of halogens is 1. The monoisotopic (exact) mass is 418 g/mol. The van der Waals surface area contributed by atoms with Crippen LogP contribution in [-0.4, -0.2) is 22.3 Å². The number of fused-ring (bicyclic) bond motifs is 1. The second kappa shape index (κ2) is 7.55. The number of amides is 1. The van der Waals surface area contributed by atoms with Crippen molar-refractivity contribution in [3.05, 3.63) is 88.5 Å². The summed E-state index contributed by atoms with van der Waals surface area (Å²) in [7, 11) is 0. The third-order valence-corrected chi connectivity index (χ3v) is 4.68. The van der Waals surface area contributed by atoms with Crippen molar-refractivity contribution in [2.24, 2.45) is 5.10 Å². The van der Waals surface area contributed by atoms with Gasteiger partial charge in [-0.3, -0.25) is 9.89 Å². The molecule has 2 N–H and O–H groups in total. The first kappa shape index (κ1) is 17.2. The third-order valence-electron chi connectivity index (χ3n) is 4.16. The summed E-state index contributed by atoms with van der Waals surface area (Å²) in [4.78, 5) is 12.3. The maximum absolute atomic E-state index is 12.3. The Morgan fingerprint density at radius 1 is 1.04 bits per heavy atom. The minimum absolute atomic E-state index is 0.345. The topological polar surface area (TPSA) is 70.1 Å². The molecule has 0 radical (unpaired) electrons. The van der Waals surface area contributed by atoms with E-state index in [4.69, 9.17) is 0 Å². The lowest BCUT2D eigenvalue weighted by Gasteiger charge is -2.01. The predicted molar refractivity (Wildman–Crippen MR) is 111 cm³/mol. The van der Waals surface area contributed by atoms with Crippen LogP contribution in [0, 0.1) is 0 Å². The summed E-state index contributed by atoms with van der Waals surface area (Å²) < 4.78 is 0.988. The zero-order chi connectivity index (χ0) is 18.6. The molecule has 0 bridgehead atoms. The van der Waals surface area contributed by atoms with Crippen LogP contribution in [0.3, 0.4) is 0 Å². The molecule has 0 aliphatic carbocycles. The molecule has 3 aromatic carbocycles. The molecular weight excluding hydrogens is 404 g/mol.